The summed E-state index contributed by atoms with van der Waals surface area (Å²) in [6, 6.07) is 16.4. The van der Waals surface area contributed by atoms with Gasteiger partial charge in [-0.25, -0.2) is 0 Å². The first-order valence-electron chi connectivity index (χ1n) is 9.37. The van der Waals surface area contributed by atoms with Crippen LogP contribution in [0.15, 0.2) is 48.5 Å². The van der Waals surface area contributed by atoms with E-state index in [4.69, 9.17) is 4.74 Å². The van der Waals surface area contributed by atoms with E-state index in [1.54, 1.807) is 7.11 Å². The lowest BCUT2D eigenvalue weighted by Crippen LogP contribution is -2.39. The highest BCUT2D eigenvalue weighted by atomic mass is 16.5. The number of anilines is 2. The monoisotopic (exact) mass is 352 g/mol. The fraction of sp³-hybridized carbons (Fsp3) is 0.409. The zero-order chi connectivity index (χ0) is 18.4. The van der Waals surface area contributed by atoms with Gasteiger partial charge in [-0.1, -0.05) is 29.8 Å². The van der Waals surface area contributed by atoms with E-state index in [1.807, 2.05) is 18.2 Å². The highest BCUT2D eigenvalue weighted by Gasteiger charge is 2.19. The van der Waals surface area contributed by atoms with Crippen LogP contribution in [0.3, 0.4) is 0 Å². The van der Waals surface area contributed by atoms with Crippen molar-refractivity contribution in [1.82, 2.24) is 0 Å². The molecule has 1 fully saturated rings. The Morgan fingerprint density at radius 3 is 2.77 bits per heavy atom. The maximum absolute atomic E-state index is 12.2. The van der Waals surface area contributed by atoms with Crippen LogP contribution in [0, 0.1) is 6.92 Å². The number of aryl methyl sites for hydroxylation is 2. The minimum atomic E-state index is 0.0525. The highest BCUT2D eigenvalue weighted by molar-refractivity contribution is 5.91. The Morgan fingerprint density at radius 2 is 2.04 bits per heavy atom. The molecule has 1 saturated heterocycles. The van der Waals surface area contributed by atoms with Crippen LogP contribution in [0.5, 0.6) is 0 Å². The van der Waals surface area contributed by atoms with Crippen LogP contribution in [0.1, 0.15) is 30.4 Å². The van der Waals surface area contributed by atoms with Gasteiger partial charge in [-0.15, -0.1) is 0 Å². The Kier molecular flexibility index (Phi) is 6.29. The second kappa shape index (κ2) is 8.86. The molecule has 1 heterocycles. The molecule has 1 amide bonds. The number of nitrogens with zero attached hydrogens (tertiary/aromatic N) is 1. The van der Waals surface area contributed by atoms with Crippen molar-refractivity contribution in [3.8, 4) is 0 Å². The Morgan fingerprint density at radius 1 is 1.23 bits per heavy atom. The van der Waals surface area contributed by atoms with Crippen molar-refractivity contribution in [2.24, 2.45) is 0 Å². The summed E-state index contributed by atoms with van der Waals surface area (Å²) in [5.74, 6) is 0.0525. The first-order chi connectivity index (χ1) is 12.6. The molecule has 0 aromatic heterocycles. The SMILES string of the molecule is COC1CCCN(c2ccc(NC(=O)CCc3cccc(C)c3)cc2)C1. The fourth-order valence-corrected chi connectivity index (χ4v) is 3.47. The van der Waals surface area contributed by atoms with Crippen molar-refractivity contribution in [1.29, 1.82) is 0 Å². The molecule has 138 valence electrons. The predicted molar refractivity (Wildman–Crippen MR) is 107 cm³/mol. The van der Waals surface area contributed by atoms with Crippen molar-refractivity contribution >= 4 is 17.3 Å². The number of ether oxygens (including phenoxy) is 1. The molecule has 1 aliphatic rings. The second-order valence-corrected chi connectivity index (χ2v) is 7.03. The molecule has 2 aromatic rings. The Bertz CT molecular complexity index is 727. The van der Waals surface area contributed by atoms with E-state index in [-0.39, 0.29) is 5.91 Å². The maximum atomic E-state index is 12.2. The van der Waals surface area contributed by atoms with Crippen LogP contribution in [-0.2, 0) is 16.0 Å². The van der Waals surface area contributed by atoms with E-state index in [1.165, 1.54) is 16.8 Å². The van der Waals surface area contributed by atoms with Crippen LogP contribution in [-0.4, -0.2) is 32.2 Å². The average molecular weight is 352 g/mol. The molecule has 0 radical (unpaired) electrons. The standard InChI is InChI=1S/C22H28N2O2/c1-17-5-3-6-18(15-17)8-13-22(25)23-19-9-11-20(12-10-19)24-14-4-7-21(16-24)26-2/h3,5-6,9-12,15,21H,4,7-8,13-14,16H2,1-2H3,(H,23,25). The summed E-state index contributed by atoms with van der Waals surface area (Å²) in [5, 5.41) is 2.99. The Labute approximate surface area is 156 Å². The summed E-state index contributed by atoms with van der Waals surface area (Å²) in [5.41, 5.74) is 4.47. The molecule has 2 aromatic carbocycles. The zero-order valence-electron chi connectivity index (χ0n) is 15.7. The molecule has 26 heavy (non-hydrogen) atoms. The van der Waals surface area contributed by atoms with Crippen molar-refractivity contribution in [2.75, 3.05) is 30.4 Å². The van der Waals surface area contributed by atoms with Crippen LogP contribution in [0.2, 0.25) is 0 Å². The quantitative estimate of drug-likeness (QED) is 0.848. The molecule has 4 nitrogen and oxygen atoms in total. The normalized spacial score (nSPS) is 17.2. The van der Waals surface area contributed by atoms with E-state index in [0.29, 0.717) is 12.5 Å². The number of carbonyl (C=O) groups is 1. The van der Waals surface area contributed by atoms with Crippen molar-refractivity contribution < 1.29 is 9.53 Å². The van der Waals surface area contributed by atoms with E-state index >= 15 is 0 Å². The van der Waals surface area contributed by atoms with Crippen molar-refractivity contribution in [3.05, 3.63) is 59.7 Å². The largest absolute Gasteiger partial charge is 0.380 e. The summed E-state index contributed by atoms with van der Waals surface area (Å²) in [7, 11) is 1.78. The minimum absolute atomic E-state index is 0.0525. The third-order valence-corrected chi connectivity index (χ3v) is 4.95. The zero-order valence-corrected chi connectivity index (χ0v) is 15.7. The third kappa shape index (κ3) is 5.09. The lowest BCUT2D eigenvalue weighted by Gasteiger charge is -2.33. The van der Waals surface area contributed by atoms with Crippen LogP contribution >= 0.6 is 0 Å². The number of benzene rings is 2. The lowest BCUT2D eigenvalue weighted by atomic mass is 10.1. The van der Waals surface area contributed by atoms with Gasteiger partial charge in [0.15, 0.2) is 0 Å². The van der Waals surface area contributed by atoms with E-state index < -0.39 is 0 Å². The van der Waals surface area contributed by atoms with Gasteiger partial charge in [0.05, 0.1) is 6.10 Å². The molecule has 3 rings (SSSR count). The molecule has 4 heteroatoms. The number of piperidine rings is 1. The molecular weight excluding hydrogens is 324 g/mol. The number of nitrogens with one attached hydrogen (secondary N) is 1. The first kappa shape index (κ1) is 18.5. The van der Waals surface area contributed by atoms with Crippen molar-refractivity contribution in [3.63, 3.8) is 0 Å². The minimum Gasteiger partial charge on any atom is -0.380 e. The topological polar surface area (TPSA) is 41.6 Å². The van der Waals surface area contributed by atoms with Crippen LogP contribution in [0.4, 0.5) is 11.4 Å². The molecule has 0 saturated carbocycles. The molecule has 1 unspecified atom stereocenters. The van der Waals surface area contributed by atoms with E-state index in [9.17, 15) is 4.79 Å². The fourth-order valence-electron chi connectivity index (χ4n) is 3.47. The predicted octanol–water partition coefficient (Wildman–Crippen LogP) is 4.18. The molecule has 1 aliphatic heterocycles. The molecule has 1 atom stereocenters. The molecule has 0 spiro atoms. The lowest BCUT2D eigenvalue weighted by molar-refractivity contribution is -0.116. The Balaban J connectivity index is 1.51. The number of rotatable bonds is 6. The van der Waals surface area contributed by atoms with Gasteiger partial charge < -0.3 is 15.0 Å². The summed E-state index contributed by atoms with van der Waals surface area (Å²) in [4.78, 5) is 14.5. The molecule has 0 bridgehead atoms. The van der Waals surface area contributed by atoms with Gasteiger partial charge in [0, 0.05) is 38.0 Å². The number of methoxy groups -OCH3 is 1. The number of hydrogen-bond donors (Lipinski definition) is 1. The summed E-state index contributed by atoms with van der Waals surface area (Å²) >= 11 is 0. The summed E-state index contributed by atoms with van der Waals surface area (Å²) < 4.78 is 5.49. The van der Waals surface area contributed by atoms with Gasteiger partial charge in [0.1, 0.15) is 0 Å². The van der Waals surface area contributed by atoms with Gasteiger partial charge in [-0.2, -0.15) is 0 Å². The first-order valence-corrected chi connectivity index (χ1v) is 9.37. The highest BCUT2D eigenvalue weighted by Crippen LogP contribution is 2.23. The smallest absolute Gasteiger partial charge is 0.224 e. The van der Waals surface area contributed by atoms with Gasteiger partial charge in [-0.05, 0) is 56.0 Å². The molecule has 0 aliphatic carbocycles. The average Bonchev–Trinajstić information content (AvgIpc) is 2.67. The van der Waals surface area contributed by atoms with Gasteiger partial charge >= 0.3 is 0 Å². The molecule has 1 N–H and O–H groups in total. The maximum Gasteiger partial charge on any atom is 0.224 e. The summed E-state index contributed by atoms with van der Waals surface area (Å²) in [6.07, 6.45) is 3.84. The van der Waals surface area contributed by atoms with Crippen molar-refractivity contribution in [2.45, 2.75) is 38.7 Å². The number of carbonyl (C=O) groups excluding carboxylic acids is 1. The van der Waals surface area contributed by atoms with Gasteiger partial charge in [0.2, 0.25) is 5.91 Å². The third-order valence-electron chi connectivity index (χ3n) is 4.95. The van der Waals surface area contributed by atoms with Crippen LogP contribution in [0.25, 0.3) is 0 Å². The number of hydrogen-bond acceptors (Lipinski definition) is 3. The second-order valence-electron chi connectivity index (χ2n) is 7.03. The number of amides is 1. The van der Waals surface area contributed by atoms with Gasteiger partial charge in [0.25, 0.3) is 0 Å². The Hall–Kier alpha value is -2.33. The summed E-state index contributed by atoms with van der Waals surface area (Å²) in [6.45, 7) is 4.06. The molecular formula is C22H28N2O2. The van der Waals surface area contributed by atoms with E-state index in [0.717, 1.165) is 38.0 Å². The van der Waals surface area contributed by atoms with Gasteiger partial charge in [-0.3, -0.25) is 4.79 Å². The van der Waals surface area contributed by atoms with E-state index in [2.05, 4.69) is 47.5 Å². The van der Waals surface area contributed by atoms with Crippen LogP contribution < -0.4 is 10.2 Å².